The number of nitrogens with zero attached hydrogens (tertiary/aromatic N) is 2. The quantitative estimate of drug-likeness (QED) is 0.788. The molecular formula is C20H27FN2O. The van der Waals surface area contributed by atoms with Crippen LogP contribution in [0.1, 0.15) is 38.7 Å². The Morgan fingerprint density at radius 2 is 2.00 bits per heavy atom. The van der Waals surface area contributed by atoms with E-state index in [1.54, 1.807) is 12.1 Å². The molecule has 3 rings (SSSR count). The van der Waals surface area contributed by atoms with Crippen LogP contribution < -0.4 is 0 Å². The fraction of sp³-hybridized carbons (Fsp3) is 0.550. The second-order valence-corrected chi connectivity index (χ2v) is 7.34. The van der Waals surface area contributed by atoms with Gasteiger partial charge < -0.3 is 4.90 Å². The Labute approximate surface area is 144 Å². The second-order valence-electron chi connectivity index (χ2n) is 7.34. The van der Waals surface area contributed by atoms with Crippen LogP contribution in [0.5, 0.6) is 0 Å². The number of benzene rings is 1. The number of amides is 1. The number of halogens is 1. The van der Waals surface area contributed by atoms with Gasteiger partial charge >= 0.3 is 0 Å². The van der Waals surface area contributed by atoms with Crippen LogP contribution in [0.15, 0.2) is 35.9 Å². The number of allylic oxidation sites excluding steroid dienone is 1. The second kappa shape index (κ2) is 7.47. The summed E-state index contributed by atoms with van der Waals surface area (Å²) < 4.78 is 13.1. The highest BCUT2D eigenvalue weighted by Gasteiger charge is 2.38. The zero-order valence-corrected chi connectivity index (χ0v) is 14.7. The molecule has 0 spiro atoms. The van der Waals surface area contributed by atoms with E-state index in [0.29, 0.717) is 24.9 Å². The monoisotopic (exact) mass is 330 g/mol. The van der Waals surface area contributed by atoms with Crippen molar-refractivity contribution >= 4 is 5.91 Å². The highest BCUT2D eigenvalue weighted by atomic mass is 19.1. The fourth-order valence-corrected chi connectivity index (χ4v) is 3.90. The number of carbonyl (C=O) groups is 1. The Hall–Kier alpha value is -1.68. The Morgan fingerprint density at radius 1 is 1.25 bits per heavy atom. The number of hydrogen-bond donors (Lipinski definition) is 0. The highest BCUT2D eigenvalue weighted by Crippen LogP contribution is 2.32. The lowest BCUT2D eigenvalue weighted by molar-refractivity contribution is -0.141. The van der Waals surface area contributed by atoms with Gasteiger partial charge in [0.05, 0.1) is 0 Å². The van der Waals surface area contributed by atoms with Gasteiger partial charge in [-0.25, -0.2) is 4.39 Å². The average molecular weight is 330 g/mol. The molecule has 0 N–H and O–H groups in total. The van der Waals surface area contributed by atoms with Crippen molar-refractivity contribution in [2.24, 2.45) is 5.92 Å². The third-order valence-electron chi connectivity index (χ3n) is 5.25. The van der Waals surface area contributed by atoms with Gasteiger partial charge in [0, 0.05) is 38.6 Å². The maximum Gasteiger partial charge on any atom is 0.223 e. The number of fused-ring (bicyclic) bond motifs is 1. The number of rotatable bonds is 4. The summed E-state index contributed by atoms with van der Waals surface area (Å²) in [4.78, 5) is 17.0. The topological polar surface area (TPSA) is 23.6 Å². The van der Waals surface area contributed by atoms with Crippen LogP contribution in [-0.4, -0.2) is 41.4 Å². The molecule has 0 unspecified atom stereocenters. The van der Waals surface area contributed by atoms with Crippen molar-refractivity contribution in [1.82, 2.24) is 9.80 Å². The minimum Gasteiger partial charge on any atom is -0.335 e. The molecule has 0 aromatic heterocycles. The van der Waals surface area contributed by atoms with E-state index in [4.69, 9.17) is 0 Å². The average Bonchev–Trinajstić information content (AvgIpc) is 2.57. The van der Waals surface area contributed by atoms with E-state index in [-0.39, 0.29) is 11.7 Å². The summed E-state index contributed by atoms with van der Waals surface area (Å²) in [7, 11) is 0. The molecule has 2 heterocycles. The Morgan fingerprint density at radius 3 is 2.71 bits per heavy atom. The third kappa shape index (κ3) is 4.04. The minimum atomic E-state index is -0.228. The minimum absolute atomic E-state index is 0.228. The number of piperidine rings is 2. The summed E-state index contributed by atoms with van der Waals surface area (Å²) in [6.45, 7) is 8.00. The van der Waals surface area contributed by atoms with Crippen LogP contribution in [-0.2, 0) is 11.3 Å². The molecule has 2 aliphatic rings. The van der Waals surface area contributed by atoms with Crippen molar-refractivity contribution in [2.45, 2.75) is 45.7 Å². The van der Waals surface area contributed by atoms with Crippen LogP contribution in [0.3, 0.4) is 0 Å². The van der Waals surface area contributed by atoms with Crippen molar-refractivity contribution in [3.63, 3.8) is 0 Å². The molecule has 0 aliphatic carbocycles. The number of hydrogen-bond acceptors (Lipinski definition) is 2. The summed E-state index contributed by atoms with van der Waals surface area (Å²) in [5.74, 6) is 0.579. The predicted octanol–water partition coefficient (Wildman–Crippen LogP) is 3.60. The fourth-order valence-electron chi connectivity index (χ4n) is 3.90. The normalized spacial score (nSPS) is 24.6. The molecule has 1 aromatic rings. The lowest BCUT2D eigenvalue weighted by Crippen LogP contribution is -2.55. The van der Waals surface area contributed by atoms with Gasteiger partial charge in [0.2, 0.25) is 5.91 Å². The molecule has 1 amide bonds. The van der Waals surface area contributed by atoms with Crippen LogP contribution in [0.4, 0.5) is 4.39 Å². The van der Waals surface area contributed by atoms with Gasteiger partial charge in [0.15, 0.2) is 0 Å². The molecule has 0 saturated carbocycles. The van der Waals surface area contributed by atoms with Gasteiger partial charge in [-0.05, 0) is 50.3 Å². The standard InChI is InChI=1S/C20H27FN2O/c1-15(2)9-11-22-12-10-19-17(14-22)5-8-20(24)23(19)13-16-3-6-18(21)7-4-16/h3-4,6-7,9,17,19H,5,8,10-14H2,1-2H3/t17-,19+/m1/s1. The molecule has 4 heteroatoms. The van der Waals surface area contributed by atoms with Gasteiger partial charge in [-0.15, -0.1) is 0 Å². The predicted molar refractivity (Wildman–Crippen MR) is 94.0 cm³/mol. The summed E-state index contributed by atoms with van der Waals surface area (Å²) in [5, 5.41) is 0. The lowest BCUT2D eigenvalue weighted by atomic mass is 9.83. The first-order valence-electron chi connectivity index (χ1n) is 8.92. The SMILES string of the molecule is CC(C)=CCN1CC[C@H]2[C@H](CCC(=O)N2Cc2ccc(F)cc2)C1. The van der Waals surface area contributed by atoms with E-state index in [2.05, 4.69) is 24.8 Å². The van der Waals surface area contributed by atoms with Crippen LogP contribution in [0, 0.1) is 11.7 Å². The van der Waals surface area contributed by atoms with E-state index in [0.717, 1.165) is 38.0 Å². The molecule has 2 aliphatic heterocycles. The zero-order chi connectivity index (χ0) is 17.1. The Balaban J connectivity index is 1.66. The van der Waals surface area contributed by atoms with Crippen LogP contribution in [0.25, 0.3) is 0 Å². The third-order valence-corrected chi connectivity index (χ3v) is 5.25. The van der Waals surface area contributed by atoms with Gasteiger partial charge in [-0.1, -0.05) is 23.8 Å². The molecule has 2 fully saturated rings. The van der Waals surface area contributed by atoms with E-state index in [1.165, 1.54) is 17.7 Å². The summed E-state index contributed by atoms with van der Waals surface area (Å²) in [5.41, 5.74) is 2.37. The molecule has 130 valence electrons. The van der Waals surface area contributed by atoms with E-state index in [9.17, 15) is 9.18 Å². The van der Waals surface area contributed by atoms with E-state index >= 15 is 0 Å². The summed E-state index contributed by atoms with van der Waals surface area (Å²) in [6.07, 6.45) is 4.95. The van der Waals surface area contributed by atoms with Crippen molar-refractivity contribution in [3.8, 4) is 0 Å². The molecule has 0 radical (unpaired) electrons. The first kappa shape index (κ1) is 17.2. The number of carbonyl (C=O) groups excluding carboxylic acids is 1. The van der Waals surface area contributed by atoms with Gasteiger partial charge in [-0.3, -0.25) is 9.69 Å². The molecule has 3 nitrogen and oxygen atoms in total. The zero-order valence-electron chi connectivity index (χ0n) is 14.7. The van der Waals surface area contributed by atoms with E-state index in [1.807, 2.05) is 4.90 Å². The summed E-state index contributed by atoms with van der Waals surface area (Å²) in [6, 6.07) is 6.86. The Kier molecular flexibility index (Phi) is 5.34. The molecule has 1 aromatic carbocycles. The number of likely N-dealkylation sites (tertiary alicyclic amines) is 2. The molecule has 24 heavy (non-hydrogen) atoms. The first-order chi connectivity index (χ1) is 11.5. The summed E-state index contributed by atoms with van der Waals surface area (Å²) >= 11 is 0. The largest absolute Gasteiger partial charge is 0.335 e. The first-order valence-corrected chi connectivity index (χ1v) is 8.92. The van der Waals surface area contributed by atoms with Crippen LogP contribution in [0.2, 0.25) is 0 Å². The van der Waals surface area contributed by atoms with Gasteiger partial charge in [0.25, 0.3) is 0 Å². The lowest BCUT2D eigenvalue weighted by Gasteiger charge is -2.47. The molecule has 2 saturated heterocycles. The molecule has 2 atom stereocenters. The maximum absolute atomic E-state index is 13.1. The van der Waals surface area contributed by atoms with Crippen molar-refractivity contribution in [3.05, 3.63) is 47.3 Å². The highest BCUT2D eigenvalue weighted by molar-refractivity contribution is 5.77. The van der Waals surface area contributed by atoms with Crippen molar-refractivity contribution in [2.75, 3.05) is 19.6 Å². The molecule has 0 bridgehead atoms. The van der Waals surface area contributed by atoms with Crippen LogP contribution >= 0.6 is 0 Å². The van der Waals surface area contributed by atoms with E-state index < -0.39 is 0 Å². The molecular weight excluding hydrogens is 303 g/mol. The Bertz CT molecular complexity index is 607. The van der Waals surface area contributed by atoms with Crippen molar-refractivity contribution in [1.29, 1.82) is 0 Å². The van der Waals surface area contributed by atoms with Gasteiger partial charge in [0.1, 0.15) is 5.82 Å². The maximum atomic E-state index is 13.1. The smallest absolute Gasteiger partial charge is 0.223 e. The van der Waals surface area contributed by atoms with Gasteiger partial charge in [-0.2, -0.15) is 0 Å². The van der Waals surface area contributed by atoms with Crippen molar-refractivity contribution < 1.29 is 9.18 Å².